The Morgan fingerprint density at radius 3 is 2.39 bits per heavy atom. The molecule has 1 aromatic carbocycles. The van der Waals surface area contributed by atoms with Gasteiger partial charge in [-0.1, -0.05) is 26.8 Å². The number of ether oxygens (including phenoxy) is 1. The predicted octanol–water partition coefficient (Wildman–Crippen LogP) is 4.00. The molecule has 146 valence electrons. The summed E-state index contributed by atoms with van der Waals surface area (Å²) in [4.78, 5) is 31.8. The Kier molecular flexibility index (Phi) is 5.23. The average Bonchev–Trinajstić information content (AvgIpc) is 2.93. The van der Waals surface area contributed by atoms with Crippen molar-refractivity contribution in [1.82, 2.24) is 4.98 Å². The zero-order chi connectivity index (χ0) is 20.5. The van der Waals surface area contributed by atoms with Gasteiger partial charge in [0, 0.05) is 17.3 Å². The Morgan fingerprint density at radius 2 is 1.86 bits per heavy atom. The monoisotopic (exact) mass is 380 g/mol. The molecule has 1 aliphatic heterocycles. The third kappa shape index (κ3) is 3.50. The van der Waals surface area contributed by atoms with Crippen molar-refractivity contribution < 1.29 is 19.4 Å². The van der Waals surface area contributed by atoms with E-state index in [4.69, 9.17) is 4.74 Å². The first kappa shape index (κ1) is 19.6. The molecule has 0 fully saturated rings. The molecule has 6 heteroatoms. The summed E-state index contributed by atoms with van der Waals surface area (Å²) in [5, 5.41) is 10.6. The van der Waals surface area contributed by atoms with Gasteiger partial charge in [-0.3, -0.25) is 19.5 Å². The number of hydrogen-bond acceptors (Lipinski definition) is 5. The molecule has 28 heavy (non-hydrogen) atoms. The van der Waals surface area contributed by atoms with E-state index in [1.54, 1.807) is 69.4 Å². The SMILES string of the molecule is CCOc1ccc(N2C(=O)C(O)=C(C(=O)C(C)(C)C)C2c2ccccn2)cc1. The van der Waals surface area contributed by atoms with Crippen LogP contribution < -0.4 is 9.64 Å². The molecular formula is C22H24N2O4. The van der Waals surface area contributed by atoms with Crippen LogP contribution in [0.1, 0.15) is 39.4 Å². The van der Waals surface area contributed by atoms with Gasteiger partial charge in [-0.05, 0) is 43.3 Å². The number of pyridine rings is 1. The first-order valence-corrected chi connectivity index (χ1v) is 9.21. The van der Waals surface area contributed by atoms with Crippen molar-refractivity contribution >= 4 is 17.4 Å². The molecule has 1 atom stereocenters. The number of carbonyl (C=O) groups is 2. The number of carbonyl (C=O) groups excluding carboxylic acids is 2. The van der Waals surface area contributed by atoms with Crippen molar-refractivity contribution in [2.45, 2.75) is 33.7 Å². The van der Waals surface area contributed by atoms with Crippen molar-refractivity contribution in [2.24, 2.45) is 5.41 Å². The summed E-state index contributed by atoms with van der Waals surface area (Å²) in [5.74, 6) is -0.755. The summed E-state index contributed by atoms with van der Waals surface area (Å²) in [6, 6.07) is 11.5. The Morgan fingerprint density at radius 1 is 1.18 bits per heavy atom. The average molecular weight is 380 g/mol. The highest BCUT2D eigenvalue weighted by Gasteiger charge is 2.47. The van der Waals surface area contributed by atoms with Crippen molar-refractivity contribution in [3.63, 3.8) is 0 Å². The molecule has 1 aromatic heterocycles. The zero-order valence-electron chi connectivity index (χ0n) is 16.5. The number of aliphatic hydroxyl groups excluding tert-OH is 1. The lowest BCUT2D eigenvalue weighted by atomic mass is 9.83. The number of anilines is 1. The molecular weight excluding hydrogens is 356 g/mol. The van der Waals surface area contributed by atoms with Crippen molar-refractivity contribution in [3.8, 4) is 5.75 Å². The minimum atomic E-state index is -0.793. The molecule has 0 radical (unpaired) electrons. The fourth-order valence-electron chi connectivity index (χ4n) is 3.19. The van der Waals surface area contributed by atoms with Crippen LogP contribution in [0.2, 0.25) is 0 Å². The van der Waals surface area contributed by atoms with E-state index in [0.717, 1.165) is 0 Å². The maximum Gasteiger partial charge on any atom is 0.294 e. The molecule has 2 heterocycles. The van der Waals surface area contributed by atoms with Gasteiger partial charge in [-0.15, -0.1) is 0 Å². The quantitative estimate of drug-likeness (QED) is 0.848. The first-order chi connectivity index (χ1) is 13.3. The highest BCUT2D eigenvalue weighted by Crippen LogP contribution is 2.42. The fraction of sp³-hybridized carbons (Fsp3) is 0.318. The van der Waals surface area contributed by atoms with Crippen molar-refractivity contribution in [3.05, 3.63) is 65.7 Å². The van der Waals surface area contributed by atoms with Gasteiger partial charge >= 0.3 is 0 Å². The van der Waals surface area contributed by atoms with Gasteiger partial charge in [-0.2, -0.15) is 0 Å². The van der Waals surface area contributed by atoms with Crippen LogP contribution in [0.25, 0.3) is 0 Å². The number of nitrogens with zero attached hydrogens (tertiary/aromatic N) is 2. The molecule has 3 rings (SSSR count). The third-order valence-corrected chi connectivity index (χ3v) is 4.53. The van der Waals surface area contributed by atoms with E-state index in [1.807, 2.05) is 6.92 Å². The van der Waals surface area contributed by atoms with Gasteiger partial charge in [0.25, 0.3) is 5.91 Å². The van der Waals surface area contributed by atoms with Gasteiger partial charge in [-0.25, -0.2) is 0 Å². The fourth-order valence-corrected chi connectivity index (χ4v) is 3.19. The van der Waals surface area contributed by atoms with Gasteiger partial charge in [0.15, 0.2) is 11.5 Å². The highest BCUT2D eigenvalue weighted by atomic mass is 16.5. The lowest BCUT2D eigenvalue weighted by Crippen LogP contribution is -2.33. The van der Waals surface area contributed by atoms with Crippen molar-refractivity contribution in [2.75, 3.05) is 11.5 Å². The summed E-state index contributed by atoms with van der Waals surface area (Å²) in [6.07, 6.45) is 1.60. The lowest BCUT2D eigenvalue weighted by Gasteiger charge is -2.28. The second-order valence-corrected chi connectivity index (χ2v) is 7.60. The first-order valence-electron chi connectivity index (χ1n) is 9.21. The van der Waals surface area contributed by atoms with Gasteiger partial charge < -0.3 is 9.84 Å². The van der Waals surface area contributed by atoms with E-state index >= 15 is 0 Å². The molecule has 1 aliphatic rings. The van der Waals surface area contributed by atoms with Crippen LogP contribution >= 0.6 is 0 Å². The second kappa shape index (κ2) is 7.46. The van der Waals surface area contributed by atoms with E-state index in [9.17, 15) is 14.7 Å². The Hall–Kier alpha value is -3.15. The molecule has 1 amide bonds. The van der Waals surface area contributed by atoms with Crippen LogP contribution in [-0.2, 0) is 9.59 Å². The number of amides is 1. The van der Waals surface area contributed by atoms with Gasteiger partial charge in [0.05, 0.1) is 17.9 Å². The van der Waals surface area contributed by atoms with E-state index < -0.39 is 23.1 Å². The molecule has 1 N–H and O–H groups in total. The number of benzene rings is 1. The summed E-state index contributed by atoms with van der Waals surface area (Å²) in [7, 11) is 0. The van der Waals surface area contributed by atoms with E-state index in [0.29, 0.717) is 23.7 Å². The van der Waals surface area contributed by atoms with Gasteiger partial charge in [0.1, 0.15) is 11.8 Å². The number of Topliss-reactive ketones (excluding diaryl/α,β-unsaturated/α-hetero) is 1. The van der Waals surface area contributed by atoms with Crippen LogP contribution in [-0.4, -0.2) is 28.4 Å². The Labute approximate surface area is 164 Å². The maximum absolute atomic E-state index is 13.1. The van der Waals surface area contributed by atoms with Crippen LogP contribution in [0.5, 0.6) is 5.75 Å². The Bertz CT molecular complexity index is 912. The number of ketones is 1. The number of aliphatic hydroxyl groups is 1. The summed E-state index contributed by atoms with van der Waals surface area (Å²) >= 11 is 0. The molecule has 6 nitrogen and oxygen atoms in total. The second-order valence-electron chi connectivity index (χ2n) is 7.60. The smallest absolute Gasteiger partial charge is 0.294 e. The molecule has 0 saturated carbocycles. The minimum absolute atomic E-state index is 0.0742. The molecule has 0 saturated heterocycles. The number of aromatic nitrogens is 1. The minimum Gasteiger partial charge on any atom is -0.503 e. The summed E-state index contributed by atoms with van der Waals surface area (Å²) < 4.78 is 5.46. The van der Waals surface area contributed by atoms with E-state index in [1.165, 1.54) is 4.90 Å². The molecule has 1 unspecified atom stereocenters. The zero-order valence-corrected chi connectivity index (χ0v) is 16.5. The highest BCUT2D eigenvalue weighted by molar-refractivity contribution is 6.17. The number of hydrogen-bond donors (Lipinski definition) is 1. The van der Waals surface area contributed by atoms with E-state index in [2.05, 4.69) is 4.98 Å². The number of rotatable bonds is 5. The van der Waals surface area contributed by atoms with Gasteiger partial charge in [0.2, 0.25) is 0 Å². The predicted molar refractivity (Wildman–Crippen MR) is 106 cm³/mol. The van der Waals surface area contributed by atoms with Crippen LogP contribution in [0.15, 0.2) is 60.0 Å². The van der Waals surface area contributed by atoms with E-state index in [-0.39, 0.29) is 11.4 Å². The third-order valence-electron chi connectivity index (χ3n) is 4.53. The van der Waals surface area contributed by atoms with Crippen molar-refractivity contribution in [1.29, 1.82) is 0 Å². The van der Waals surface area contributed by atoms with Crippen LogP contribution in [0.4, 0.5) is 5.69 Å². The molecule has 2 aromatic rings. The topological polar surface area (TPSA) is 79.7 Å². The van der Waals surface area contributed by atoms with Crippen LogP contribution in [0.3, 0.4) is 0 Å². The lowest BCUT2D eigenvalue weighted by molar-refractivity contribution is -0.123. The maximum atomic E-state index is 13.1. The largest absolute Gasteiger partial charge is 0.503 e. The molecule has 0 spiro atoms. The summed E-state index contributed by atoms with van der Waals surface area (Å²) in [6.45, 7) is 7.70. The molecule has 0 aliphatic carbocycles. The Balaban J connectivity index is 2.12. The summed E-state index contributed by atoms with van der Waals surface area (Å²) in [5.41, 5.74) is 0.379. The molecule has 0 bridgehead atoms. The van der Waals surface area contributed by atoms with Crippen LogP contribution in [0, 0.1) is 5.41 Å². The normalized spacial score (nSPS) is 17.2. The standard InChI is InChI=1S/C22H24N2O4/c1-5-28-15-11-9-14(10-12-15)24-18(16-8-6-7-13-23-16)17(19(25)21(24)27)20(26)22(2,3)4/h6-13,18,25H,5H2,1-4H3.